The fraction of sp³-hybridized carbons (Fsp3) is 0.600. The maximum absolute atomic E-state index is 4.05. The number of likely N-dealkylation sites (tertiary alicyclic amines) is 1. The second kappa shape index (κ2) is 4.46. The molecule has 1 saturated heterocycles. The fourth-order valence-corrected chi connectivity index (χ4v) is 5.91. The highest BCUT2D eigenvalue weighted by Crippen LogP contribution is 2.59. The predicted molar refractivity (Wildman–Crippen MR) is 88.8 cm³/mol. The standard InChI is InChI=1S/C20H27N/c1-5-6-16-12-17-13(2)7-8-15-11-18-14(3)20(16,19(15)17)9-10-21(18)4/h5,7-8,14,16,18H,1,6,9-12H2,2-4H3/t14?,16-,18?,20?/m1/s1. The first-order valence-corrected chi connectivity index (χ1v) is 8.52. The van der Waals surface area contributed by atoms with Crippen LogP contribution in [0.15, 0.2) is 24.8 Å². The molecule has 0 radical (unpaired) electrons. The summed E-state index contributed by atoms with van der Waals surface area (Å²) in [5, 5.41) is 0. The molecule has 3 unspecified atom stereocenters. The second-order valence-electron chi connectivity index (χ2n) is 7.65. The molecule has 1 heterocycles. The van der Waals surface area contributed by atoms with Gasteiger partial charge in [-0.3, -0.25) is 0 Å². The highest BCUT2D eigenvalue weighted by molar-refractivity contribution is 5.53. The Hall–Kier alpha value is -1.08. The van der Waals surface area contributed by atoms with E-state index in [-0.39, 0.29) is 0 Å². The van der Waals surface area contributed by atoms with Crippen molar-refractivity contribution in [1.82, 2.24) is 4.90 Å². The number of fused-ring (bicyclic) bond motifs is 1. The Morgan fingerprint density at radius 1 is 1.38 bits per heavy atom. The monoisotopic (exact) mass is 281 g/mol. The Labute approximate surface area is 129 Å². The van der Waals surface area contributed by atoms with Crippen LogP contribution in [-0.4, -0.2) is 24.5 Å². The molecule has 1 aromatic rings. The van der Waals surface area contributed by atoms with Crippen LogP contribution in [0, 0.1) is 18.8 Å². The maximum atomic E-state index is 4.05. The molecule has 1 fully saturated rings. The van der Waals surface area contributed by atoms with Crippen molar-refractivity contribution in [2.45, 2.75) is 51.0 Å². The summed E-state index contributed by atoms with van der Waals surface area (Å²) in [6, 6.07) is 5.52. The van der Waals surface area contributed by atoms with Gasteiger partial charge in [-0.15, -0.1) is 6.58 Å². The molecule has 1 heteroatoms. The summed E-state index contributed by atoms with van der Waals surface area (Å²) >= 11 is 0. The Balaban J connectivity index is 1.96. The third-order valence-electron chi connectivity index (χ3n) is 6.99. The number of likely N-dealkylation sites (N-methyl/N-ethyl adjacent to an activating group) is 1. The quantitative estimate of drug-likeness (QED) is 0.744. The van der Waals surface area contributed by atoms with E-state index in [0.29, 0.717) is 5.41 Å². The smallest absolute Gasteiger partial charge is 0.0167 e. The topological polar surface area (TPSA) is 3.24 Å². The summed E-state index contributed by atoms with van der Waals surface area (Å²) < 4.78 is 0. The van der Waals surface area contributed by atoms with E-state index in [4.69, 9.17) is 0 Å². The van der Waals surface area contributed by atoms with Gasteiger partial charge in [0.1, 0.15) is 0 Å². The average molecular weight is 281 g/mol. The van der Waals surface area contributed by atoms with Gasteiger partial charge < -0.3 is 4.90 Å². The summed E-state index contributed by atoms with van der Waals surface area (Å²) in [5.41, 5.74) is 7.06. The van der Waals surface area contributed by atoms with Crippen LogP contribution < -0.4 is 0 Å². The zero-order valence-electron chi connectivity index (χ0n) is 13.7. The van der Waals surface area contributed by atoms with Crippen LogP contribution in [0.25, 0.3) is 0 Å². The lowest BCUT2D eigenvalue weighted by Crippen LogP contribution is -2.59. The number of allylic oxidation sites excluding steroid dienone is 1. The van der Waals surface area contributed by atoms with E-state index < -0.39 is 0 Å². The molecule has 4 atom stereocenters. The largest absolute Gasteiger partial charge is 0.303 e. The van der Waals surface area contributed by atoms with Crippen molar-refractivity contribution in [3.63, 3.8) is 0 Å². The number of hydrogen-bond donors (Lipinski definition) is 0. The third kappa shape index (κ3) is 1.56. The van der Waals surface area contributed by atoms with Gasteiger partial charge in [0, 0.05) is 11.5 Å². The molecule has 1 spiro atoms. The minimum atomic E-state index is 0.431. The van der Waals surface area contributed by atoms with E-state index in [1.54, 1.807) is 16.7 Å². The highest BCUT2D eigenvalue weighted by atomic mass is 15.1. The van der Waals surface area contributed by atoms with Gasteiger partial charge in [-0.25, -0.2) is 0 Å². The first kappa shape index (κ1) is 13.6. The van der Waals surface area contributed by atoms with Gasteiger partial charge >= 0.3 is 0 Å². The lowest BCUT2D eigenvalue weighted by molar-refractivity contribution is 0.0156. The van der Waals surface area contributed by atoms with Gasteiger partial charge in [-0.1, -0.05) is 25.1 Å². The van der Waals surface area contributed by atoms with Crippen LogP contribution >= 0.6 is 0 Å². The molecular formula is C20H27N. The van der Waals surface area contributed by atoms with Gasteiger partial charge in [0.15, 0.2) is 0 Å². The SMILES string of the molecule is C=CC[C@@H]1Cc2c(C)ccc3c2C12CCN(C)C(C3)C2C. The number of aryl methyl sites for hydroxylation is 1. The number of piperidine rings is 1. The maximum Gasteiger partial charge on any atom is 0.0167 e. The first-order valence-electron chi connectivity index (χ1n) is 8.52. The minimum absolute atomic E-state index is 0.431. The number of hydrogen-bond acceptors (Lipinski definition) is 1. The lowest BCUT2D eigenvalue weighted by Gasteiger charge is -2.56. The van der Waals surface area contributed by atoms with Gasteiger partial charge in [-0.2, -0.15) is 0 Å². The summed E-state index contributed by atoms with van der Waals surface area (Å²) in [5.74, 6) is 1.55. The predicted octanol–water partition coefficient (Wildman–Crippen LogP) is 3.88. The van der Waals surface area contributed by atoms with Crippen molar-refractivity contribution in [3.8, 4) is 0 Å². The van der Waals surface area contributed by atoms with Crippen LogP contribution in [0.4, 0.5) is 0 Å². The molecule has 1 aromatic carbocycles. The molecule has 0 aromatic heterocycles. The Bertz CT molecular complexity index is 602. The van der Waals surface area contributed by atoms with Crippen molar-refractivity contribution in [1.29, 1.82) is 0 Å². The Morgan fingerprint density at radius 3 is 2.95 bits per heavy atom. The van der Waals surface area contributed by atoms with Gasteiger partial charge in [0.2, 0.25) is 0 Å². The molecule has 2 bridgehead atoms. The summed E-state index contributed by atoms with van der Waals surface area (Å²) in [6.45, 7) is 10.1. The highest BCUT2D eigenvalue weighted by Gasteiger charge is 2.57. The van der Waals surface area contributed by atoms with Crippen LogP contribution in [0.5, 0.6) is 0 Å². The number of rotatable bonds is 2. The molecule has 2 aliphatic carbocycles. The summed E-state index contributed by atoms with van der Waals surface area (Å²) in [7, 11) is 2.32. The van der Waals surface area contributed by atoms with Crippen LogP contribution in [-0.2, 0) is 18.3 Å². The minimum Gasteiger partial charge on any atom is -0.303 e. The molecule has 21 heavy (non-hydrogen) atoms. The molecule has 3 aliphatic rings. The van der Waals surface area contributed by atoms with Crippen LogP contribution in [0.1, 0.15) is 42.0 Å². The molecule has 0 amide bonds. The normalized spacial score (nSPS) is 37.4. The van der Waals surface area contributed by atoms with E-state index in [9.17, 15) is 0 Å². The van der Waals surface area contributed by atoms with E-state index >= 15 is 0 Å². The van der Waals surface area contributed by atoms with Gasteiger partial charge in [0.25, 0.3) is 0 Å². The van der Waals surface area contributed by atoms with E-state index in [2.05, 4.69) is 50.6 Å². The zero-order chi connectivity index (χ0) is 14.8. The van der Waals surface area contributed by atoms with E-state index in [0.717, 1.165) is 17.9 Å². The molecule has 0 N–H and O–H groups in total. The number of nitrogens with zero attached hydrogens (tertiary/aromatic N) is 1. The molecule has 1 nitrogen and oxygen atoms in total. The molecule has 0 saturated carbocycles. The first-order chi connectivity index (χ1) is 10.1. The van der Waals surface area contributed by atoms with Gasteiger partial charge in [-0.05, 0) is 80.3 Å². The van der Waals surface area contributed by atoms with E-state index in [1.807, 2.05) is 0 Å². The molecule has 4 rings (SSSR count). The zero-order valence-corrected chi connectivity index (χ0v) is 13.7. The van der Waals surface area contributed by atoms with Crippen LogP contribution in [0.3, 0.4) is 0 Å². The summed E-state index contributed by atoms with van der Waals surface area (Å²) in [6.07, 6.45) is 7.21. The summed E-state index contributed by atoms with van der Waals surface area (Å²) in [4.78, 5) is 2.61. The van der Waals surface area contributed by atoms with Crippen molar-refractivity contribution in [2.75, 3.05) is 13.6 Å². The number of benzene rings is 1. The van der Waals surface area contributed by atoms with Crippen molar-refractivity contribution < 1.29 is 0 Å². The molecular weight excluding hydrogens is 254 g/mol. The second-order valence-corrected chi connectivity index (χ2v) is 7.65. The average Bonchev–Trinajstić information content (AvgIpc) is 2.78. The fourth-order valence-electron chi connectivity index (χ4n) is 5.91. The molecule has 112 valence electrons. The van der Waals surface area contributed by atoms with Crippen molar-refractivity contribution in [2.24, 2.45) is 11.8 Å². The lowest BCUT2D eigenvalue weighted by atomic mass is 9.55. The Kier molecular flexibility index (Phi) is 2.88. The molecule has 1 aliphatic heterocycles. The third-order valence-corrected chi connectivity index (χ3v) is 6.99. The Morgan fingerprint density at radius 2 is 2.19 bits per heavy atom. The van der Waals surface area contributed by atoms with Crippen molar-refractivity contribution in [3.05, 3.63) is 47.0 Å². The van der Waals surface area contributed by atoms with E-state index in [1.165, 1.54) is 37.8 Å². The van der Waals surface area contributed by atoms with Crippen LogP contribution in [0.2, 0.25) is 0 Å². The van der Waals surface area contributed by atoms with Gasteiger partial charge in [0.05, 0.1) is 0 Å². The van der Waals surface area contributed by atoms with Crippen molar-refractivity contribution >= 4 is 0 Å².